The predicted molar refractivity (Wildman–Crippen MR) is 128 cm³/mol. The highest BCUT2D eigenvalue weighted by molar-refractivity contribution is 7.99. The number of carbonyl (C=O) groups excluding carboxylic acids is 2. The molecule has 0 saturated carbocycles. The van der Waals surface area contributed by atoms with Crippen molar-refractivity contribution in [2.45, 2.75) is 37.6 Å². The van der Waals surface area contributed by atoms with E-state index in [1.54, 1.807) is 18.7 Å². The van der Waals surface area contributed by atoms with Crippen LogP contribution < -0.4 is 5.32 Å². The molecule has 2 heterocycles. The van der Waals surface area contributed by atoms with Crippen LogP contribution in [0.4, 0.5) is 5.00 Å². The van der Waals surface area contributed by atoms with Crippen LogP contribution in [0, 0.1) is 0 Å². The number of hydrogen-bond acceptors (Lipinski definition) is 6. The Kier molecular flexibility index (Phi) is 9.97. The molecule has 2 aromatic rings. The number of fused-ring (bicyclic) bond motifs is 1. The molecule has 0 atom stereocenters. The van der Waals surface area contributed by atoms with Gasteiger partial charge in [-0.05, 0) is 62.4 Å². The fourth-order valence-electron chi connectivity index (χ4n) is 3.18. The van der Waals surface area contributed by atoms with Crippen LogP contribution in [0.1, 0.15) is 40.6 Å². The van der Waals surface area contributed by atoms with E-state index in [2.05, 4.69) is 17.3 Å². The lowest BCUT2D eigenvalue weighted by atomic mass is 10.0. The normalized spacial score (nSPS) is 13.3. The van der Waals surface area contributed by atoms with Gasteiger partial charge in [0.2, 0.25) is 5.91 Å². The third kappa shape index (κ3) is 6.62. The third-order valence-electron chi connectivity index (χ3n) is 4.61. The Labute approximate surface area is 196 Å². The number of likely N-dealkylation sites (N-methyl/N-ethyl adjacent to an activating group) is 1. The maximum atomic E-state index is 12.5. The zero-order valence-corrected chi connectivity index (χ0v) is 20.2. The van der Waals surface area contributed by atoms with E-state index in [-0.39, 0.29) is 24.3 Å². The minimum atomic E-state index is -0.344. The Morgan fingerprint density at radius 3 is 2.73 bits per heavy atom. The summed E-state index contributed by atoms with van der Waals surface area (Å²) in [5, 5.41) is 4.30. The van der Waals surface area contributed by atoms with Crippen LogP contribution in [-0.2, 0) is 22.5 Å². The molecule has 0 radical (unpaired) electrons. The topological polar surface area (TPSA) is 58.6 Å². The maximum Gasteiger partial charge on any atom is 0.341 e. The molecule has 1 aromatic heterocycles. The number of carbonyl (C=O) groups is 2. The van der Waals surface area contributed by atoms with E-state index in [0.29, 0.717) is 23.6 Å². The van der Waals surface area contributed by atoms with Crippen molar-refractivity contribution in [2.75, 3.05) is 31.3 Å². The number of thioether (sulfide) groups is 1. The summed E-state index contributed by atoms with van der Waals surface area (Å²) in [6.07, 6.45) is 1.96. The van der Waals surface area contributed by atoms with Gasteiger partial charge in [0.1, 0.15) is 5.00 Å². The number of esters is 1. The molecule has 1 aliphatic rings. The first kappa shape index (κ1) is 25.0. The molecule has 1 aromatic carbocycles. The lowest BCUT2D eigenvalue weighted by molar-refractivity contribution is -0.116. The van der Waals surface area contributed by atoms with Crippen molar-refractivity contribution in [3.05, 3.63) is 45.3 Å². The Bertz CT molecular complexity index is 872. The summed E-state index contributed by atoms with van der Waals surface area (Å²) < 4.78 is 5.25. The van der Waals surface area contributed by atoms with E-state index in [9.17, 15) is 9.59 Å². The van der Waals surface area contributed by atoms with Gasteiger partial charge in [0.05, 0.1) is 12.2 Å². The number of halogens is 2. The summed E-state index contributed by atoms with van der Waals surface area (Å²) in [5.74, 6) is 0.424. The molecule has 0 spiro atoms. The number of nitrogens with one attached hydrogen (secondary N) is 1. The van der Waals surface area contributed by atoms with E-state index in [4.69, 9.17) is 16.3 Å². The van der Waals surface area contributed by atoms with Crippen LogP contribution in [-0.4, -0.2) is 42.7 Å². The van der Waals surface area contributed by atoms with Gasteiger partial charge in [0, 0.05) is 34.3 Å². The van der Waals surface area contributed by atoms with Crippen molar-refractivity contribution in [1.82, 2.24) is 4.90 Å². The monoisotopic (exact) mass is 488 g/mol. The molecular formula is C21H26Cl2N2O3S2. The molecule has 9 heteroatoms. The second-order valence-electron chi connectivity index (χ2n) is 6.87. The summed E-state index contributed by atoms with van der Waals surface area (Å²) in [4.78, 5) is 29.5. The van der Waals surface area contributed by atoms with Crippen LogP contribution >= 0.6 is 47.1 Å². The van der Waals surface area contributed by atoms with Crippen LogP contribution in [0.15, 0.2) is 29.2 Å². The molecule has 1 N–H and O–H groups in total. The summed E-state index contributed by atoms with van der Waals surface area (Å²) >= 11 is 9.09. The Balaban J connectivity index is 0.00000320. The molecule has 0 unspecified atom stereocenters. The van der Waals surface area contributed by atoms with Crippen molar-refractivity contribution in [3.8, 4) is 0 Å². The van der Waals surface area contributed by atoms with Crippen LogP contribution in [0.2, 0.25) is 5.02 Å². The van der Waals surface area contributed by atoms with E-state index in [1.165, 1.54) is 11.3 Å². The highest BCUT2D eigenvalue weighted by Gasteiger charge is 2.28. The first-order valence-electron chi connectivity index (χ1n) is 9.66. The molecule has 0 fully saturated rings. The van der Waals surface area contributed by atoms with E-state index in [1.807, 2.05) is 24.3 Å². The molecule has 164 valence electrons. The molecule has 1 amide bonds. The number of thiophene rings is 1. The minimum Gasteiger partial charge on any atom is -0.462 e. The summed E-state index contributed by atoms with van der Waals surface area (Å²) in [5.41, 5.74) is 1.57. The van der Waals surface area contributed by atoms with Crippen molar-refractivity contribution in [2.24, 2.45) is 0 Å². The van der Waals surface area contributed by atoms with Crippen molar-refractivity contribution < 1.29 is 14.3 Å². The molecule has 0 bridgehead atoms. The largest absolute Gasteiger partial charge is 0.462 e. The number of benzene rings is 1. The summed E-state index contributed by atoms with van der Waals surface area (Å²) in [6.45, 7) is 3.80. The number of amides is 1. The smallest absolute Gasteiger partial charge is 0.341 e. The maximum absolute atomic E-state index is 12.5. The summed E-state index contributed by atoms with van der Waals surface area (Å²) in [6, 6.07) is 7.69. The van der Waals surface area contributed by atoms with Crippen molar-refractivity contribution in [1.29, 1.82) is 0 Å². The van der Waals surface area contributed by atoms with Gasteiger partial charge in [-0.1, -0.05) is 11.6 Å². The highest BCUT2D eigenvalue weighted by Crippen LogP contribution is 2.37. The van der Waals surface area contributed by atoms with Crippen LogP contribution in [0.5, 0.6) is 0 Å². The van der Waals surface area contributed by atoms with Gasteiger partial charge in [0.15, 0.2) is 0 Å². The zero-order chi connectivity index (χ0) is 20.8. The quantitative estimate of drug-likeness (QED) is 0.302. The molecule has 1 aliphatic heterocycles. The molecule has 0 aliphatic carbocycles. The van der Waals surface area contributed by atoms with Gasteiger partial charge in [0.25, 0.3) is 0 Å². The second-order valence-corrected chi connectivity index (χ2v) is 9.58. The molecule has 30 heavy (non-hydrogen) atoms. The van der Waals surface area contributed by atoms with Crippen LogP contribution in [0.3, 0.4) is 0 Å². The SMILES string of the molecule is CCOC(=O)c1c(NC(=O)CCCSc2ccc(Cl)cc2)sc2c1CCN(C)C2.Cl. The van der Waals surface area contributed by atoms with Gasteiger partial charge in [-0.15, -0.1) is 35.5 Å². The first-order valence-corrected chi connectivity index (χ1v) is 11.8. The number of ether oxygens (including phenoxy) is 1. The van der Waals surface area contributed by atoms with Gasteiger partial charge >= 0.3 is 5.97 Å². The molecule has 5 nitrogen and oxygen atoms in total. The molecule has 3 rings (SSSR count). The van der Waals surface area contributed by atoms with Gasteiger partial charge < -0.3 is 15.0 Å². The Morgan fingerprint density at radius 2 is 2.03 bits per heavy atom. The number of anilines is 1. The highest BCUT2D eigenvalue weighted by atomic mass is 35.5. The van der Waals surface area contributed by atoms with E-state index < -0.39 is 0 Å². The Morgan fingerprint density at radius 1 is 1.30 bits per heavy atom. The molecular weight excluding hydrogens is 463 g/mol. The lowest BCUT2D eigenvalue weighted by Crippen LogP contribution is -2.26. The van der Waals surface area contributed by atoms with Crippen molar-refractivity contribution in [3.63, 3.8) is 0 Å². The van der Waals surface area contributed by atoms with Crippen LogP contribution in [0.25, 0.3) is 0 Å². The van der Waals surface area contributed by atoms with Gasteiger partial charge in [-0.2, -0.15) is 0 Å². The number of rotatable bonds is 8. The average molecular weight is 489 g/mol. The standard InChI is InChI=1S/C21H25ClN2O3S2.ClH/c1-3-27-21(26)19-16-10-11-24(2)13-17(16)29-20(19)23-18(25)5-4-12-28-15-8-6-14(22)7-9-15;/h6-9H,3-5,10-13H2,1-2H3,(H,23,25);1H. The zero-order valence-electron chi connectivity index (χ0n) is 17.0. The number of nitrogens with zero attached hydrogens (tertiary/aromatic N) is 1. The lowest BCUT2D eigenvalue weighted by Gasteiger charge is -2.22. The summed E-state index contributed by atoms with van der Waals surface area (Å²) in [7, 11) is 2.06. The third-order valence-corrected chi connectivity index (χ3v) is 7.09. The average Bonchev–Trinajstić information content (AvgIpc) is 3.03. The van der Waals surface area contributed by atoms with E-state index >= 15 is 0 Å². The minimum absolute atomic E-state index is 0. The molecule has 0 saturated heterocycles. The fraction of sp³-hybridized carbons (Fsp3) is 0.429. The first-order chi connectivity index (χ1) is 14.0. The fourth-order valence-corrected chi connectivity index (χ4v) is 5.49. The van der Waals surface area contributed by atoms with Crippen molar-refractivity contribution >= 4 is 64.0 Å². The second kappa shape index (κ2) is 12.0. The van der Waals surface area contributed by atoms with Gasteiger partial charge in [-0.25, -0.2) is 4.79 Å². The number of hydrogen-bond donors (Lipinski definition) is 1. The predicted octanol–water partition coefficient (Wildman–Crippen LogP) is 5.50. The van der Waals surface area contributed by atoms with Gasteiger partial charge in [-0.3, -0.25) is 4.79 Å². The Hall–Kier alpha value is -1.25. The van der Waals surface area contributed by atoms with E-state index in [0.717, 1.165) is 52.0 Å².